The number of amides is 3. The molecule has 52 heavy (non-hydrogen) atoms. The van der Waals surface area contributed by atoms with Gasteiger partial charge < -0.3 is 34.4 Å². The van der Waals surface area contributed by atoms with Gasteiger partial charge in [0, 0.05) is 30.6 Å². The van der Waals surface area contributed by atoms with Crippen molar-refractivity contribution in [1.29, 1.82) is 0 Å². The summed E-state index contributed by atoms with van der Waals surface area (Å²) in [6.07, 6.45) is 6.12. The number of fused-ring (bicyclic) bond motifs is 2. The molecule has 2 aromatic carbocycles. The summed E-state index contributed by atoms with van der Waals surface area (Å²) in [6, 6.07) is 15.7. The van der Waals surface area contributed by atoms with Gasteiger partial charge >= 0.3 is 5.97 Å². The third-order valence-electron chi connectivity index (χ3n) is 10.7. The number of hydrogen-bond acceptors (Lipinski definition) is 8. The largest absolute Gasteiger partial charge is 0.455 e. The smallest absolute Gasteiger partial charge is 0.313 e. The van der Waals surface area contributed by atoms with E-state index in [0.29, 0.717) is 22.9 Å². The Morgan fingerprint density at radius 1 is 1.02 bits per heavy atom. The van der Waals surface area contributed by atoms with Crippen LogP contribution in [-0.4, -0.2) is 101 Å². The summed E-state index contributed by atoms with van der Waals surface area (Å²) in [4.78, 5) is 61.3. The Labute approximate surface area is 313 Å². The van der Waals surface area contributed by atoms with Crippen LogP contribution >= 0.6 is 15.9 Å². The molecule has 1 spiro atoms. The summed E-state index contributed by atoms with van der Waals surface area (Å²) in [5.74, 6) is -3.95. The molecule has 5 bridgehead atoms. The molecule has 278 valence electrons. The molecule has 12 heteroatoms. The van der Waals surface area contributed by atoms with Crippen LogP contribution in [0.3, 0.4) is 0 Å². The van der Waals surface area contributed by atoms with Crippen LogP contribution in [0.1, 0.15) is 56.8 Å². The molecule has 6 rings (SSSR count). The highest BCUT2D eigenvalue weighted by Crippen LogP contribution is 2.59. The highest BCUT2D eigenvalue weighted by Gasteiger charge is 2.75. The Morgan fingerprint density at radius 2 is 1.73 bits per heavy atom. The number of aliphatic hydroxyl groups is 1. The Bertz CT molecular complexity index is 1670. The predicted octanol–water partition coefficient (Wildman–Crippen LogP) is 4.25. The second kappa shape index (κ2) is 16.4. The zero-order valence-electron chi connectivity index (χ0n) is 29.9. The van der Waals surface area contributed by atoms with E-state index in [1.54, 1.807) is 11.0 Å². The fourth-order valence-electron chi connectivity index (χ4n) is 8.37. The highest BCUT2D eigenvalue weighted by molar-refractivity contribution is 9.11. The summed E-state index contributed by atoms with van der Waals surface area (Å²) < 4.78 is 19.1. The number of rotatable bonds is 10. The number of ether oxygens (including phenoxy) is 3. The molecule has 2 N–H and O–H groups in total. The molecule has 3 amide bonds. The lowest BCUT2D eigenvalue weighted by atomic mass is 9.74. The molecule has 1 unspecified atom stereocenters. The van der Waals surface area contributed by atoms with E-state index in [1.807, 2.05) is 86.7 Å². The SMILES string of the molecule is CCCC(C)N1C/C=C\CCC(=O)N[C@H](COC)[C@@H](c2ccccc2)OC(=O)[C@@H]2[C@H]3O[C@@]4(C=C3Br)[C@H](C1=O)N([C@@H](CO)Cc1ccccc1)C(=O)[C@@H]24. The first-order valence-corrected chi connectivity index (χ1v) is 19.0. The lowest BCUT2D eigenvalue weighted by molar-refractivity contribution is -0.163. The number of aliphatic hydroxyl groups excluding tert-OH is 1. The first-order chi connectivity index (χ1) is 25.1. The Morgan fingerprint density at radius 3 is 2.40 bits per heavy atom. The van der Waals surface area contributed by atoms with Crippen molar-refractivity contribution >= 4 is 39.6 Å². The fourth-order valence-corrected chi connectivity index (χ4v) is 9.10. The van der Waals surface area contributed by atoms with Gasteiger partial charge in [0.2, 0.25) is 17.7 Å². The summed E-state index contributed by atoms with van der Waals surface area (Å²) in [6.45, 7) is 3.92. The Balaban J connectivity index is 1.49. The van der Waals surface area contributed by atoms with Crippen LogP contribution in [0.2, 0.25) is 0 Å². The number of nitrogens with zero attached hydrogens (tertiary/aromatic N) is 2. The van der Waals surface area contributed by atoms with E-state index in [0.717, 1.165) is 12.0 Å². The minimum Gasteiger partial charge on any atom is -0.455 e. The maximum absolute atomic E-state index is 15.2. The number of carbonyl (C=O) groups excluding carboxylic acids is 4. The first kappa shape index (κ1) is 37.9. The number of benzene rings is 2. The van der Waals surface area contributed by atoms with Gasteiger partial charge in [0.05, 0.1) is 31.2 Å². The summed E-state index contributed by atoms with van der Waals surface area (Å²) in [5.41, 5.74) is 0.0227. The average Bonchev–Trinajstić information content (AvgIpc) is 3.74. The van der Waals surface area contributed by atoms with Crippen LogP contribution in [0, 0.1) is 11.8 Å². The molecule has 11 nitrogen and oxygen atoms in total. The third-order valence-corrected chi connectivity index (χ3v) is 11.4. The molecule has 0 aliphatic carbocycles. The van der Waals surface area contributed by atoms with E-state index in [2.05, 4.69) is 21.2 Å². The number of carbonyl (C=O) groups is 4. The number of esters is 1. The van der Waals surface area contributed by atoms with Crippen LogP contribution in [0.25, 0.3) is 0 Å². The average molecular weight is 779 g/mol. The molecule has 2 fully saturated rings. The number of methoxy groups -OCH3 is 1. The number of nitrogens with one attached hydrogen (secondary N) is 1. The highest BCUT2D eigenvalue weighted by atomic mass is 79.9. The van der Waals surface area contributed by atoms with Crippen molar-refractivity contribution in [2.75, 3.05) is 26.9 Å². The topological polar surface area (TPSA) is 135 Å². The second-order valence-corrected chi connectivity index (χ2v) is 15.1. The molecule has 4 aliphatic rings. The van der Waals surface area contributed by atoms with Crippen molar-refractivity contribution in [3.8, 4) is 0 Å². The van der Waals surface area contributed by atoms with Crippen molar-refractivity contribution in [2.24, 2.45) is 11.8 Å². The van der Waals surface area contributed by atoms with Gasteiger partial charge in [-0.05, 0) is 43.4 Å². The van der Waals surface area contributed by atoms with Gasteiger partial charge in [-0.3, -0.25) is 19.2 Å². The number of allylic oxidation sites excluding steroid dienone is 1. The van der Waals surface area contributed by atoms with E-state index < -0.39 is 66.3 Å². The zero-order valence-corrected chi connectivity index (χ0v) is 31.4. The lowest BCUT2D eigenvalue weighted by Gasteiger charge is -2.40. The summed E-state index contributed by atoms with van der Waals surface area (Å²) in [7, 11) is 1.51. The van der Waals surface area contributed by atoms with Gasteiger partial charge in [0.1, 0.15) is 29.8 Å². The van der Waals surface area contributed by atoms with Crippen molar-refractivity contribution in [1.82, 2.24) is 15.1 Å². The molecule has 9 atom stereocenters. The summed E-state index contributed by atoms with van der Waals surface area (Å²) >= 11 is 3.63. The van der Waals surface area contributed by atoms with Crippen LogP contribution < -0.4 is 5.32 Å². The normalized spacial score (nSPS) is 31.1. The van der Waals surface area contributed by atoms with E-state index in [9.17, 15) is 19.5 Å². The minimum atomic E-state index is -1.50. The summed E-state index contributed by atoms with van der Waals surface area (Å²) in [5, 5.41) is 13.9. The van der Waals surface area contributed by atoms with Crippen molar-refractivity contribution in [2.45, 2.75) is 87.9 Å². The molecular formula is C40H48BrN3O8. The van der Waals surface area contributed by atoms with Crippen molar-refractivity contribution in [3.05, 3.63) is 94.5 Å². The Hall–Kier alpha value is -3.84. The zero-order chi connectivity index (χ0) is 37.0. The minimum absolute atomic E-state index is 0.0568. The molecule has 0 radical (unpaired) electrons. The van der Waals surface area contributed by atoms with E-state index in [1.165, 1.54) is 12.0 Å². The molecule has 4 heterocycles. The molecule has 0 aromatic heterocycles. The quantitative estimate of drug-likeness (QED) is 0.271. The van der Waals surface area contributed by atoms with Crippen LogP contribution in [0.4, 0.5) is 0 Å². The van der Waals surface area contributed by atoms with Gasteiger partial charge in [-0.15, -0.1) is 0 Å². The first-order valence-electron chi connectivity index (χ1n) is 18.2. The fraction of sp³-hybridized carbons (Fsp3) is 0.500. The predicted molar refractivity (Wildman–Crippen MR) is 197 cm³/mol. The number of cyclic esters (lactones) is 1. The monoisotopic (exact) mass is 777 g/mol. The van der Waals surface area contributed by atoms with E-state index >= 15 is 4.79 Å². The second-order valence-electron chi connectivity index (χ2n) is 14.1. The van der Waals surface area contributed by atoms with Gasteiger partial charge in [-0.2, -0.15) is 0 Å². The maximum atomic E-state index is 15.2. The number of likely N-dealkylation sites (tertiary alicyclic amines) is 1. The van der Waals surface area contributed by atoms with E-state index in [4.69, 9.17) is 14.2 Å². The van der Waals surface area contributed by atoms with Crippen LogP contribution in [-0.2, 0) is 39.8 Å². The molecule has 2 aromatic rings. The molecular weight excluding hydrogens is 730 g/mol. The van der Waals surface area contributed by atoms with Crippen molar-refractivity contribution in [3.63, 3.8) is 0 Å². The van der Waals surface area contributed by atoms with Crippen LogP contribution in [0.5, 0.6) is 0 Å². The van der Waals surface area contributed by atoms with Gasteiger partial charge in [-0.25, -0.2) is 0 Å². The molecule has 4 aliphatic heterocycles. The Kier molecular flexibility index (Phi) is 12.0. The number of hydrogen-bond donors (Lipinski definition) is 2. The molecule has 0 saturated carbocycles. The third kappa shape index (κ3) is 7.22. The van der Waals surface area contributed by atoms with Gasteiger partial charge in [-0.1, -0.05) is 102 Å². The lowest BCUT2D eigenvalue weighted by Crippen LogP contribution is -2.60. The van der Waals surface area contributed by atoms with Gasteiger partial charge in [0.25, 0.3) is 0 Å². The molecule has 2 saturated heterocycles. The van der Waals surface area contributed by atoms with Crippen LogP contribution in [0.15, 0.2) is 83.4 Å². The number of halogens is 1. The van der Waals surface area contributed by atoms with Crippen molar-refractivity contribution < 1.29 is 38.5 Å². The van der Waals surface area contributed by atoms with Gasteiger partial charge in [0.15, 0.2) is 0 Å². The van der Waals surface area contributed by atoms with E-state index in [-0.39, 0.29) is 43.8 Å². The maximum Gasteiger partial charge on any atom is 0.313 e. The standard InChI is InChI=1S/C40H48BrN3O8/c1-4-14-25(2)43-20-13-7-12-19-31(46)42-30(24-50-3)34(27-17-10-6-11-18-27)51-39(49)32-33-37(47)44(28(23-45)21-26-15-8-5-9-16-26)36(38(43)48)40(33)22-29(41)35(32)52-40/h5-11,13,15-18,22,25,28,30,32-36,45H,4,12,14,19-21,23-24H2,1-3H3,(H,42,46)/b13-7-/t25?,28-,30-,32+,33-,34-,35+,36+,40-/m1/s1.